The lowest BCUT2D eigenvalue weighted by Crippen LogP contribution is -2.40. The zero-order chi connectivity index (χ0) is 25.4. The summed E-state index contributed by atoms with van der Waals surface area (Å²) in [7, 11) is 0. The number of hydrogen-bond donors (Lipinski definition) is 3. The molecule has 0 radical (unpaired) electrons. The first-order chi connectivity index (χ1) is 16.8. The maximum atomic E-state index is 12.7. The Kier molecular flexibility index (Phi) is 9.29. The minimum absolute atomic E-state index is 0.0179. The topological polar surface area (TPSA) is 105 Å². The summed E-state index contributed by atoms with van der Waals surface area (Å²) in [4.78, 5) is 36.0. The van der Waals surface area contributed by atoms with Gasteiger partial charge in [0.15, 0.2) is 0 Å². The first-order valence-corrected chi connectivity index (χ1v) is 12.3. The van der Waals surface area contributed by atoms with Crippen LogP contribution in [-0.4, -0.2) is 42.8 Å². The predicted octanol–water partition coefficient (Wildman–Crippen LogP) is 4.80. The first-order valence-electron chi connectivity index (χ1n) is 12.3. The van der Waals surface area contributed by atoms with E-state index in [0.717, 1.165) is 11.1 Å². The molecule has 1 aliphatic rings. The van der Waals surface area contributed by atoms with Crippen LogP contribution >= 0.6 is 0 Å². The van der Waals surface area contributed by atoms with Crippen LogP contribution in [0.4, 0.5) is 4.79 Å². The van der Waals surface area contributed by atoms with E-state index in [2.05, 4.69) is 34.9 Å². The van der Waals surface area contributed by atoms with Crippen LogP contribution < -0.4 is 10.6 Å². The Morgan fingerprint density at radius 1 is 0.943 bits per heavy atom. The van der Waals surface area contributed by atoms with Gasteiger partial charge in [-0.25, -0.2) is 4.79 Å². The standard InChI is InChI=1S/C28H36N2O5/c1-18(2)14-20(27(33)29-13-12-19(3)15-26(31)32)16-30-28(34)35-17-25-23-10-6-4-8-21(23)22-9-5-7-11-24(22)25/h4-11,18-20,25H,12-17H2,1-3H3,(H,29,33)(H,30,34)(H,31,32). The van der Waals surface area contributed by atoms with Gasteiger partial charge in [-0.15, -0.1) is 0 Å². The minimum atomic E-state index is -0.839. The van der Waals surface area contributed by atoms with Gasteiger partial charge in [-0.1, -0.05) is 69.3 Å². The van der Waals surface area contributed by atoms with Crippen LogP contribution in [0.3, 0.4) is 0 Å². The van der Waals surface area contributed by atoms with Gasteiger partial charge in [-0.3, -0.25) is 9.59 Å². The van der Waals surface area contributed by atoms with E-state index in [1.807, 2.05) is 45.0 Å². The molecule has 0 bridgehead atoms. The lowest BCUT2D eigenvalue weighted by molar-refractivity contribution is -0.138. The van der Waals surface area contributed by atoms with Crippen molar-refractivity contribution in [1.29, 1.82) is 0 Å². The van der Waals surface area contributed by atoms with Crippen molar-refractivity contribution in [2.75, 3.05) is 19.7 Å². The van der Waals surface area contributed by atoms with Crippen molar-refractivity contribution in [3.8, 4) is 11.1 Å². The molecular weight excluding hydrogens is 444 g/mol. The molecule has 0 spiro atoms. The number of hydrogen-bond acceptors (Lipinski definition) is 4. The second kappa shape index (κ2) is 12.4. The molecule has 188 valence electrons. The summed E-state index contributed by atoms with van der Waals surface area (Å²) in [5, 5.41) is 14.5. The number of carboxylic acids is 1. The Labute approximate surface area is 207 Å². The molecule has 1 aliphatic carbocycles. The van der Waals surface area contributed by atoms with Crippen LogP contribution in [0.25, 0.3) is 11.1 Å². The Morgan fingerprint density at radius 3 is 2.11 bits per heavy atom. The van der Waals surface area contributed by atoms with Gasteiger partial charge in [0.2, 0.25) is 5.91 Å². The molecule has 7 heteroatoms. The molecule has 2 aromatic carbocycles. The lowest BCUT2D eigenvalue weighted by Gasteiger charge is -2.20. The van der Waals surface area contributed by atoms with Crippen LogP contribution in [-0.2, 0) is 14.3 Å². The van der Waals surface area contributed by atoms with Crippen LogP contribution in [0.15, 0.2) is 48.5 Å². The maximum Gasteiger partial charge on any atom is 0.407 e. The highest BCUT2D eigenvalue weighted by atomic mass is 16.5. The number of ether oxygens (including phenoxy) is 1. The predicted molar refractivity (Wildman–Crippen MR) is 135 cm³/mol. The number of aliphatic carboxylic acids is 1. The number of fused-ring (bicyclic) bond motifs is 3. The molecule has 0 heterocycles. The van der Waals surface area contributed by atoms with Crippen molar-refractivity contribution in [3.05, 3.63) is 59.7 Å². The van der Waals surface area contributed by atoms with Gasteiger partial charge in [0, 0.05) is 25.4 Å². The molecule has 3 rings (SSSR count). The number of carbonyl (C=O) groups is 3. The summed E-state index contributed by atoms with van der Waals surface area (Å²) in [5.41, 5.74) is 4.64. The number of benzene rings is 2. The van der Waals surface area contributed by atoms with E-state index in [0.29, 0.717) is 19.4 Å². The minimum Gasteiger partial charge on any atom is -0.481 e. The van der Waals surface area contributed by atoms with Crippen molar-refractivity contribution in [1.82, 2.24) is 10.6 Å². The van der Waals surface area contributed by atoms with Crippen molar-refractivity contribution >= 4 is 18.0 Å². The van der Waals surface area contributed by atoms with Gasteiger partial charge in [0.25, 0.3) is 0 Å². The van der Waals surface area contributed by atoms with Gasteiger partial charge in [-0.05, 0) is 46.9 Å². The number of alkyl carbamates (subject to hydrolysis) is 1. The fraction of sp³-hybridized carbons (Fsp3) is 0.464. The van der Waals surface area contributed by atoms with Gasteiger partial charge in [-0.2, -0.15) is 0 Å². The van der Waals surface area contributed by atoms with Gasteiger partial charge in [0.05, 0.1) is 5.92 Å². The Morgan fingerprint density at radius 2 is 1.54 bits per heavy atom. The van der Waals surface area contributed by atoms with E-state index in [1.54, 1.807) is 0 Å². The third-order valence-electron chi connectivity index (χ3n) is 6.42. The van der Waals surface area contributed by atoms with Crippen LogP contribution in [0, 0.1) is 17.8 Å². The van der Waals surface area contributed by atoms with Crippen molar-refractivity contribution in [2.45, 2.75) is 46.0 Å². The number of carbonyl (C=O) groups excluding carboxylic acids is 2. The number of nitrogens with one attached hydrogen (secondary N) is 2. The third kappa shape index (κ3) is 7.31. The fourth-order valence-corrected chi connectivity index (χ4v) is 4.69. The van der Waals surface area contributed by atoms with E-state index >= 15 is 0 Å². The van der Waals surface area contributed by atoms with Crippen LogP contribution in [0.2, 0.25) is 0 Å². The van der Waals surface area contributed by atoms with Crippen molar-refractivity contribution in [3.63, 3.8) is 0 Å². The van der Waals surface area contributed by atoms with E-state index in [4.69, 9.17) is 9.84 Å². The molecule has 0 aromatic heterocycles. The summed E-state index contributed by atoms with van der Waals surface area (Å²) in [5.74, 6) is -1.12. The molecule has 2 aromatic rings. The maximum absolute atomic E-state index is 12.7. The molecule has 0 saturated heterocycles. The van der Waals surface area contributed by atoms with Gasteiger partial charge in [0.1, 0.15) is 6.61 Å². The van der Waals surface area contributed by atoms with Gasteiger partial charge >= 0.3 is 12.1 Å². The molecule has 0 fully saturated rings. The largest absolute Gasteiger partial charge is 0.481 e. The lowest BCUT2D eigenvalue weighted by atomic mass is 9.96. The monoisotopic (exact) mass is 480 g/mol. The first kappa shape index (κ1) is 26.3. The molecule has 2 atom stereocenters. The molecule has 0 saturated carbocycles. The average molecular weight is 481 g/mol. The highest BCUT2D eigenvalue weighted by Gasteiger charge is 2.29. The number of rotatable bonds is 12. The smallest absolute Gasteiger partial charge is 0.407 e. The average Bonchev–Trinajstić information content (AvgIpc) is 3.13. The molecule has 7 nitrogen and oxygen atoms in total. The molecule has 2 amide bonds. The summed E-state index contributed by atoms with van der Waals surface area (Å²) in [6.45, 7) is 6.73. The molecule has 3 N–H and O–H groups in total. The SMILES string of the molecule is CC(C)CC(CNC(=O)OCC1c2ccccc2-c2ccccc21)C(=O)NCCC(C)CC(=O)O. The van der Waals surface area contributed by atoms with Crippen molar-refractivity contribution in [2.24, 2.45) is 17.8 Å². The zero-order valence-electron chi connectivity index (χ0n) is 20.8. The highest BCUT2D eigenvalue weighted by Crippen LogP contribution is 2.44. The van der Waals surface area contributed by atoms with Crippen molar-refractivity contribution < 1.29 is 24.2 Å². The van der Waals surface area contributed by atoms with Crippen LogP contribution in [0.1, 0.15) is 57.1 Å². The molecular formula is C28H36N2O5. The van der Waals surface area contributed by atoms with Crippen LogP contribution in [0.5, 0.6) is 0 Å². The highest BCUT2D eigenvalue weighted by molar-refractivity contribution is 5.80. The Hall–Kier alpha value is -3.35. The van der Waals surface area contributed by atoms with Gasteiger partial charge < -0.3 is 20.5 Å². The quantitative estimate of drug-likeness (QED) is 0.405. The second-order valence-corrected chi connectivity index (χ2v) is 9.82. The zero-order valence-corrected chi connectivity index (χ0v) is 20.8. The Bertz CT molecular complexity index is 990. The second-order valence-electron chi connectivity index (χ2n) is 9.82. The summed E-state index contributed by atoms with van der Waals surface area (Å²) in [6.07, 6.45) is 0.754. The normalized spacial score (nSPS) is 14.1. The van der Waals surface area contributed by atoms with E-state index in [9.17, 15) is 14.4 Å². The summed E-state index contributed by atoms with van der Waals surface area (Å²) in [6, 6.07) is 16.3. The van der Waals surface area contributed by atoms with E-state index in [1.165, 1.54) is 11.1 Å². The van der Waals surface area contributed by atoms with E-state index in [-0.39, 0.29) is 49.2 Å². The number of carboxylic acid groups (broad SMARTS) is 1. The number of amides is 2. The molecule has 2 unspecified atom stereocenters. The third-order valence-corrected chi connectivity index (χ3v) is 6.42. The Balaban J connectivity index is 1.51. The summed E-state index contributed by atoms with van der Waals surface area (Å²) >= 11 is 0. The fourth-order valence-electron chi connectivity index (χ4n) is 4.69. The summed E-state index contributed by atoms with van der Waals surface area (Å²) < 4.78 is 5.59. The molecule has 35 heavy (non-hydrogen) atoms. The molecule has 0 aliphatic heterocycles. The van der Waals surface area contributed by atoms with E-state index < -0.39 is 12.1 Å².